The molecule has 0 atom stereocenters. The zero-order valence-electron chi connectivity index (χ0n) is 8.97. The van der Waals surface area contributed by atoms with Gasteiger partial charge in [-0.05, 0) is 35.3 Å². The van der Waals surface area contributed by atoms with E-state index >= 15 is 0 Å². The Balaban J connectivity index is 2.53. The lowest BCUT2D eigenvalue weighted by molar-refractivity contribution is 0.598. The molecule has 0 saturated carbocycles. The summed E-state index contributed by atoms with van der Waals surface area (Å²) < 4.78 is 13.7. The molecule has 78 valence electrons. The SMILES string of the molecule is C=C1C=Cc2cc(C(C)C)c(F)cc2N1. The molecule has 1 aromatic carbocycles. The van der Waals surface area contributed by atoms with Crippen LogP contribution in [0.25, 0.3) is 6.08 Å². The number of hydrogen-bond acceptors (Lipinski definition) is 1. The van der Waals surface area contributed by atoms with Gasteiger partial charge >= 0.3 is 0 Å². The highest BCUT2D eigenvalue weighted by molar-refractivity contribution is 5.75. The van der Waals surface area contributed by atoms with E-state index in [4.69, 9.17) is 0 Å². The van der Waals surface area contributed by atoms with Crippen LogP contribution in [0.4, 0.5) is 10.1 Å². The molecular weight excluding hydrogens is 189 g/mol. The third-order valence-electron chi connectivity index (χ3n) is 2.55. The van der Waals surface area contributed by atoms with E-state index in [1.54, 1.807) is 6.07 Å². The average molecular weight is 203 g/mol. The van der Waals surface area contributed by atoms with Gasteiger partial charge in [0.2, 0.25) is 0 Å². The highest BCUT2D eigenvalue weighted by Gasteiger charge is 2.13. The van der Waals surface area contributed by atoms with Gasteiger partial charge in [-0.15, -0.1) is 0 Å². The number of fused-ring (bicyclic) bond motifs is 1. The number of benzene rings is 1. The Bertz CT molecular complexity index is 444. The van der Waals surface area contributed by atoms with E-state index in [2.05, 4.69) is 11.9 Å². The van der Waals surface area contributed by atoms with Gasteiger partial charge < -0.3 is 5.32 Å². The van der Waals surface area contributed by atoms with Crippen LogP contribution in [0.15, 0.2) is 30.5 Å². The van der Waals surface area contributed by atoms with Crippen LogP contribution in [-0.2, 0) is 0 Å². The molecule has 2 rings (SSSR count). The number of nitrogens with one attached hydrogen (secondary N) is 1. The van der Waals surface area contributed by atoms with Crippen molar-refractivity contribution in [1.82, 2.24) is 0 Å². The quantitative estimate of drug-likeness (QED) is 0.729. The van der Waals surface area contributed by atoms with Gasteiger partial charge in [0.05, 0.1) is 0 Å². The summed E-state index contributed by atoms with van der Waals surface area (Å²) in [7, 11) is 0. The van der Waals surface area contributed by atoms with Crippen molar-refractivity contribution in [2.45, 2.75) is 19.8 Å². The molecule has 0 radical (unpaired) electrons. The van der Waals surface area contributed by atoms with Crippen LogP contribution in [0, 0.1) is 5.82 Å². The molecule has 0 bridgehead atoms. The molecule has 1 aromatic rings. The lowest BCUT2D eigenvalue weighted by atomic mass is 9.97. The minimum atomic E-state index is -0.153. The van der Waals surface area contributed by atoms with Crippen LogP contribution in [0.3, 0.4) is 0 Å². The Kier molecular flexibility index (Phi) is 2.35. The summed E-state index contributed by atoms with van der Waals surface area (Å²) in [5.41, 5.74) is 3.36. The van der Waals surface area contributed by atoms with Crippen LogP contribution in [-0.4, -0.2) is 0 Å². The zero-order chi connectivity index (χ0) is 11.0. The van der Waals surface area contributed by atoms with Crippen molar-refractivity contribution in [3.05, 3.63) is 47.4 Å². The van der Waals surface area contributed by atoms with Crippen molar-refractivity contribution in [2.75, 3.05) is 5.32 Å². The first-order valence-electron chi connectivity index (χ1n) is 5.05. The summed E-state index contributed by atoms with van der Waals surface area (Å²) in [6.45, 7) is 7.76. The maximum atomic E-state index is 13.7. The highest BCUT2D eigenvalue weighted by atomic mass is 19.1. The summed E-state index contributed by atoms with van der Waals surface area (Å²) in [5.74, 6) is 0.0492. The van der Waals surface area contributed by atoms with Gasteiger partial charge in [-0.3, -0.25) is 0 Å². The van der Waals surface area contributed by atoms with Crippen molar-refractivity contribution in [3.63, 3.8) is 0 Å². The molecule has 0 spiro atoms. The summed E-state index contributed by atoms with van der Waals surface area (Å²) in [5, 5.41) is 3.05. The largest absolute Gasteiger partial charge is 0.355 e. The number of rotatable bonds is 1. The predicted octanol–water partition coefficient (Wildman–Crippen LogP) is 3.90. The van der Waals surface area contributed by atoms with Crippen molar-refractivity contribution in [1.29, 1.82) is 0 Å². The first-order valence-corrected chi connectivity index (χ1v) is 5.05. The standard InChI is InChI=1S/C13H14FN/c1-8(2)11-6-10-5-4-9(3)15-13(10)7-12(11)14/h4-8,15H,3H2,1-2H3. The summed E-state index contributed by atoms with van der Waals surface area (Å²) in [6, 6.07) is 3.44. The molecule has 0 saturated heterocycles. The van der Waals surface area contributed by atoms with Crippen molar-refractivity contribution < 1.29 is 4.39 Å². The van der Waals surface area contributed by atoms with E-state index in [9.17, 15) is 4.39 Å². The zero-order valence-corrected chi connectivity index (χ0v) is 8.97. The molecule has 0 unspecified atom stereocenters. The molecule has 0 fully saturated rings. The van der Waals surface area contributed by atoms with E-state index in [0.29, 0.717) is 0 Å². The number of anilines is 1. The Hall–Kier alpha value is -1.57. The third kappa shape index (κ3) is 1.80. The van der Waals surface area contributed by atoms with Crippen LogP contribution in [0.2, 0.25) is 0 Å². The maximum Gasteiger partial charge on any atom is 0.128 e. The molecular formula is C13H14FN. The number of hydrogen-bond donors (Lipinski definition) is 1. The van der Waals surface area contributed by atoms with Crippen LogP contribution in [0.1, 0.15) is 30.9 Å². The lowest BCUT2D eigenvalue weighted by Gasteiger charge is -2.17. The van der Waals surface area contributed by atoms with Gasteiger partial charge in [0.1, 0.15) is 5.82 Å². The molecule has 1 aliphatic heterocycles. The first-order chi connectivity index (χ1) is 7.08. The van der Waals surface area contributed by atoms with E-state index < -0.39 is 0 Å². The highest BCUT2D eigenvalue weighted by Crippen LogP contribution is 2.30. The van der Waals surface area contributed by atoms with Crippen LogP contribution < -0.4 is 5.32 Å². The average Bonchev–Trinajstić information content (AvgIpc) is 2.15. The third-order valence-corrected chi connectivity index (χ3v) is 2.55. The molecule has 15 heavy (non-hydrogen) atoms. The Morgan fingerprint density at radius 2 is 2.00 bits per heavy atom. The van der Waals surface area contributed by atoms with Crippen molar-refractivity contribution >= 4 is 11.8 Å². The van der Waals surface area contributed by atoms with E-state index in [1.165, 1.54) is 0 Å². The van der Waals surface area contributed by atoms with Gasteiger partial charge in [0.15, 0.2) is 0 Å². The second kappa shape index (κ2) is 3.54. The lowest BCUT2D eigenvalue weighted by Crippen LogP contribution is -2.04. The smallest absolute Gasteiger partial charge is 0.128 e. The maximum absolute atomic E-state index is 13.7. The predicted molar refractivity (Wildman–Crippen MR) is 62.3 cm³/mol. The van der Waals surface area contributed by atoms with Gasteiger partial charge in [-0.2, -0.15) is 0 Å². The van der Waals surface area contributed by atoms with Crippen LogP contribution in [0.5, 0.6) is 0 Å². The van der Waals surface area contributed by atoms with Gasteiger partial charge in [0, 0.05) is 11.4 Å². The fraction of sp³-hybridized carbons (Fsp3) is 0.231. The van der Waals surface area contributed by atoms with Crippen molar-refractivity contribution in [3.8, 4) is 0 Å². The second-order valence-electron chi connectivity index (χ2n) is 4.10. The molecule has 0 aliphatic carbocycles. The van der Waals surface area contributed by atoms with Crippen LogP contribution >= 0.6 is 0 Å². The second-order valence-corrected chi connectivity index (χ2v) is 4.10. The van der Waals surface area contributed by atoms with E-state index in [0.717, 1.165) is 22.5 Å². The fourth-order valence-electron chi connectivity index (χ4n) is 1.70. The Morgan fingerprint density at radius 3 is 2.67 bits per heavy atom. The molecule has 0 amide bonds. The topological polar surface area (TPSA) is 12.0 Å². The van der Waals surface area contributed by atoms with Gasteiger partial charge in [-0.1, -0.05) is 26.5 Å². The normalized spacial score (nSPS) is 14.0. The Morgan fingerprint density at radius 1 is 1.27 bits per heavy atom. The molecule has 1 heterocycles. The Labute approximate surface area is 89.3 Å². The summed E-state index contributed by atoms with van der Waals surface area (Å²) in [6.07, 6.45) is 3.85. The van der Waals surface area contributed by atoms with Gasteiger partial charge in [-0.25, -0.2) is 4.39 Å². The minimum Gasteiger partial charge on any atom is -0.355 e. The molecule has 2 heteroatoms. The first kappa shape index (κ1) is 9.97. The molecule has 1 aliphatic rings. The van der Waals surface area contributed by atoms with E-state index in [-0.39, 0.29) is 11.7 Å². The summed E-state index contributed by atoms with van der Waals surface area (Å²) >= 11 is 0. The fourth-order valence-corrected chi connectivity index (χ4v) is 1.70. The number of halogens is 1. The molecule has 1 nitrogen and oxygen atoms in total. The van der Waals surface area contributed by atoms with Crippen molar-refractivity contribution in [2.24, 2.45) is 0 Å². The summed E-state index contributed by atoms with van der Waals surface area (Å²) in [4.78, 5) is 0. The van der Waals surface area contributed by atoms with E-state index in [1.807, 2.05) is 32.1 Å². The monoisotopic (exact) mass is 203 g/mol. The molecule has 0 aromatic heterocycles. The number of allylic oxidation sites excluding steroid dienone is 1. The van der Waals surface area contributed by atoms with Gasteiger partial charge in [0.25, 0.3) is 0 Å². The minimum absolute atomic E-state index is 0.153. The molecule has 1 N–H and O–H groups in total.